The van der Waals surface area contributed by atoms with E-state index in [1.54, 1.807) is 24.3 Å². The molecule has 4 nitrogen and oxygen atoms in total. The Bertz CT molecular complexity index is 1660. The van der Waals surface area contributed by atoms with Gasteiger partial charge in [0, 0.05) is 34.1 Å². The molecule has 6 aromatic rings. The zero-order valence-electron chi connectivity index (χ0n) is 23.6. The van der Waals surface area contributed by atoms with Crippen molar-refractivity contribution < 1.29 is 10.2 Å². The normalized spacial score (nSPS) is 10.8. The monoisotopic (exact) mass is 548 g/mol. The summed E-state index contributed by atoms with van der Waals surface area (Å²) in [5.41, 5.74) is 10.4. The molecule has 6 aromatic carbocycles. The summed E-state index contributed by atoms with van der Waals surface area (Å²) in [6.45, 7) is 4.03. The molecule has 0 unspecified atom stereocenters. The molecular formula is C38H32N2O2. The Hall–Kier alpha value is -5.48. The molecule has 0 spiro atoms. The number of rotatable bonds is 7. The topological polar surface area (TPSA) is 46.9 Å². The summed E-state index contributed by atoms with van der Waals surface area (Å²) >= 11 is 0. The molecule has 0 radical (unpaired) electrons. The highest BCUT2D eigenvalue weighted by Gasteiger charge is 2.17. The van der Waals surface area contributed by atoms with Crippen molar-refractivity contribution in [2.24, 2.45) is 0 Å². The molecule has 0 saturated heterocycles. The Balaban J connectivity index is 1.34. The number of nitrogens with zero attached hydrogens (tertiary/aromatic N) is 2. The summed E-state index contributed by atoms with van der Waals surface area (Å²) in [6.07, 6.45) is 0. The number of para-hydroxylation sites is 2. The number of aromatic hydroxyl groups is 2. The van der Waals surface area contributed by atoms with E-state index in [0.717, 1.165) is 56.4 Å². The number of aryl methyl sites for hydroxylation is 2. The van der Waals surface area contributed by atoms with Crippen molar-refractivity contribution in [2.75, 3.05) is 9.80 Å². The molecule has 0 aromatic heterocycles. The van der Waals surface area contributed by atoms with Gasteiger partial charge in [-0.1, -0.05) is 60.7 Å². The molecule has 0 saturated carbocycles. The fourth-order valence-corrected chi connectivity index (χ4v) is 5.40. The second kappa shape index (κ2) is 11.6. The van der Waals surface area contributed by atoms with Crippen LogP contribution in [0.15, 0.2) is 146 Å². The summed E-state index contributed by atoms with van der Waals surface area (Å²) in [5, 5.41) is 20.0. The van der Waals surface area contributed by atoms with Crippen molar-refractivity contribution in [1.29, 1.82) is 0 Å². The van der Waals surface area contributed by atoms with Crippen LogP contribution in [-0.2, 0) is 0 Å². The first-order chi connectivity index (χ1) is 20.5. The standard InChI is InChI=1S/C38H32N2O2/c1-27-25-35(41)21-23-37(27)39(31-9-5-3-6-10-31)33-17-13-29(14-18-33)30-15-19-34(20-16-30)40(32-11-7-4-8-12-32)38-24-22-36(42)26-28(38)2/h3-26,41-42H,1-2H3. The number of benzene rings is 6. The fourth-order valence-electron chi connectivity index (χ4n) is 5.40. The summed E-state index contributed by atoms with van der Waals surface area (Å²) in [5.74, 6) is 0.518. The SMILES string of the molecule is Cc1cc(O)ccc1N(c1ccccc1)c1ccc(-c2ccc(N(c3ccccc3)c3ccc(O)cc3C)cc2)cc1. The van der Waals surface area contributed by atoms with Gasteiger partial charge in [0.05, 0.1) is 0 Å². The van der Waals surface area contributed by atoms with Gasteiger partial charge in [-0.2, -0.15) is 0 Å². The molecule has 4 heteroatoms. The second-order valence-corrected chi connectivity index (χ2v) is 10.4. The van der Waals surface area contributed by atoms with Gasteiger partial charge in [-0.25, -0.2) is 0 Å². The van der Waals surface area contributed by atoms with Gasteiger partial charge in [-0.15, -0.1) is 0 Å². The molecular weight excluding hydrogens is 516 g/mol. The predicted molar refractivity (Wildman–Crippen MR) is 174 cm³/mol. The molecule has 0 bridgehead atoms. The lowest BCUT2D eigenvalue weighted by Crippen LogP contribution is -2.11. The van der Waals surface area contributed by atoms with E-state index in [1.165, 1.54) is 0 Å². The van der Waals surface area contributed by atoms with Crippen LogP contribution in [0.3, 0.4) is 0 Å². The number of hydrogen-bond acceptors (Lipinski definition) is 4. The highest BCUT2D eigenvalue weighted by Crippen LogP contribution is 2.40. The summed E-state index contributed by atoms with van der Waals surface area (Å²) in [7, 11) is 0. The lowest BCUT2D eigenvalue weighted by atomic mass is 10.0. The average molecular weight is 549 g/mol. The van der Waals surface area contributed by atoms with Crippen LogP contribution in [0.5, 0.6) is 11.5 Å². The number of anilines is 6. The summed E-state index contributed by atoms with van der Waals surface area (Å²) in [6, 6.07) is 48.6. The molecule has 0 amide bonds. The first-order valence-electron chi connectivity index (χ1n) is 14.0. The van der Waals surface area contributed by atoms with Crippen molar-refractivity contribution >= 4 is 34.1 Å². The van der Waals surface area contributed by atoms with Crippen LogP contribution in [0.25, 0.3) is 11.1 Å². The Morgan fingerprint density at radius 1 is 0.381 bits per heavy atom. The van der Waals surface area contributed by atoms with Gasteiger partial charge < -0.3 is 20.0 Å². The molecule has 0 aliphatic heterocycles. The van der Waals surface area contributed by atoms with E-state index in [9.17, 15) is 10.2 Å². The van der Waals surface area contributed by atoms with E-state index >= 15 is 0 Å². The molecule has 0 aliphatic rings. The van der Waals surface area contributed by atoms with E-state index in [2.05, 4.69) is 82.6 Å². The van der Waals surface area contributed by atoms with E-state index in [4.69, 9.17) is 0 Å². The highest BCUT2D eigenvalue weighted by atomic mass is 16.3. The first-order valence-corrected chi connectivity index (χ1v) is 14.0. The van der Waals surface area contributed by atoms with Crippen molar-refractivity contribution in [3.8, 4) is 22.6 Å². The van der Waals surface area contributed by atoms with Crippen LogP contribution in [0.1, 0.15) is 11.1 Å². The average Bonchev–Trinajstić information content (AvgIpc) is 3.01. The van der Waals surface area contributed by atoms with Crippen molar-refractivity contribution in [3.63, 3.8) is 0 Å². The van der Waals surface area contributed by atoms with Crippen molar-refractivity contribution in [3.05, 3.63) is 157 Å². The highest BCUT2D eigenvalue weighted by molar-refractivity contribution is 5.82. The van der Waals surface area contributed by atoms with Crippen LogP contribution in [0.4, 0.5) is 34.1 Å². The minimum absolute atomic E-state index is 0.259. The minimum atomic E-state index is 0.259. The lowest BCUT2D eigenvalue weighted by molar-refractivity contribution is 0.474. The molecule has 0 heterocycles. The van der Waals surface area contributed by atoms with Crippen LogP contribution >= 0.6 is 0 Å². The maximum atomic E-state index is 10.00. The fraction of sp³-hybridized carbons (Fsp3) is 0.0526. The first kappa shape index (κ1) is 26.7. The molecule has 0 atom stereocenters. The van der Waals surface area contributed by atoms with E-state index in [1.807, 2.05) is 62.4 Å². The number of hydrogen-bond donors (Lipinski definition) is 2. The van der Waals surface area contributed by atoms with Crippen LogP contribution in [-0.4, -0.2) is 10.2 Å². The quantitative estimate of drug-likeness (QED) is 0.208. The zero-order valence-corrected chi connectivity index (χ0v) is 23.6. The maximum Gasteiger partial charge on any atom is 0.115 e. The maximum absolute atomic E-state index is 10.00. The Morgan fingerprint density at radius 3 is 1.05 bits per heavy atom. The second-order valence-electron chi connectivity index (χ2n) is 10.4. The van der Waals surface area contributed by atoms with Gasteiger partial charge in [0.15, 0.2) is 0 Å². The van der Waals surface area contributed by atoms with Crippen molar-refractivity contribution in [2.45, 2.75) is 13.8 Å². The van der Waals surface area contributed by atoms with Gasteiger partial charge in [0.2, 0.25) is 0 Å². The Labute approximate surface area is 247 Å². The molecule has 0 aliphatic carbocycles. The Kier molecular flexibility index (Phi) is 7.35. The number of phenols is 2. The van der Waals surface area contributed by atoms with Crippen molar-refractivity contribution in [1.82, 2.24) is 0 Å². The van der Waals surface area contributed by atoms with Gasteiger partial charge in [-0.3, -0.25) is 0 Å². The summed E-state index contributed by atoms with van der Waals surface area (Å²) in [4.78, 5) is 4.42. The third-order valence-corrected chi connectivity index (χ3v) is 7.46. The van der Waals surface area contributed by atoms with Crippen LogP contribution < -0.4 is 9.80 Å². The lowest BCUT2D eigenvalue weighted by Gasteiger charge is -2.27. The smallest absolute Gasteiger partial charge is 0.115 e. The molecule has 2 N–H and O–H groups in total. The van der Waals surface area contributed by atoms with Gasteiger partial charge in [-0.05, 0) is 121 Å². The van der Waals surface area contributed by atoms with Crippen LogP contribution in [0.2, 0.25) is 0 Å². The van der Waals surface area contributed by atoms with Gasteiger partial charge >= 0.3 is 0 Å². The van der Waals surface area contributed by atoms with E-state index in [0.29, 0.717) is 0 Å². The molecule has 0 fully saturated rings. The van der Waals surface area contributed by atoms with E-state index in [-0.39, 0.29) is 11.5 Å². The molecule has 6 rings (SSSR count). The predicted octanol–water partition coefficient (Wildman–Crippen LogP) is 10.3. The third-order valence-electron chi connectivity index (χ3n) is 7.46. The minimum Gasteiger partial charge on any atom is -0.508 e. The van der Waals surface area contributed by atoms with Gasteiger partial charge in [0.25, 0.3) is 0 Å². The third kappa shape index (κ3) is 5.43. The zero-order chi connectivity index (χ0) is 29.1. The van der Waals surface area contributed by atoms with E-state index < -0.39 is 0 Å². The number of phenolic OH excluding ortho intramolecular Hbond substituents is 2. The van der Waals surface area contributed by atoms with Crippen LogP contribution in [0, 0.1) is 13.8 Å². The van der Waals surface area contributed by atoms with Gasteiger partial charge in [0.1, 0.15) is 11.5 Å². The summed E-state index contributed by atoms with van der Waals surface area (Å²) < 4.78 is 0. The largest absolute Gasteiger partial charge is 0.508 e. The molecule has 42 heavy (non-hydrogen) atoms. The molecule has 206 valence electrons. The Morgan fingerprint density at radius 2 is 0.714 bits per heavy atom.